The number of fused-ring (bicyclic) bond motifs is 9. The van der Waals surface area contributed by atoms with E-state index >= 15 is 0 Å². The van der Waals surface area contributed by atoms with Gasteiger partial charge in [-0.15, -0.1) is 22.7 Å². The summed E-state index contributed by atoms with van der Waals surface area (Å²) in [7, 11) is 0. The van der Waals surface area contributed by atoms with E-state index in [2.05, 4.69) is 193 Å². The third-order valence-corrected chi connectivity index (χ3v) is 13.0. The Balaban J connectivity index is 1.24. The van der Waals surface area contributed by atoms with Gasteiger partial charge in [0.2, 0.25) is 0 Å². The van der Waals surface area contributed by atoms with Gasteiger partial charge in [-0.2, -0.15) is 0 Å². The molecule has 0 N–H and O–H groups in total. The van der Waals surface area contributed by atoms with E-state index in [-0.39, 0.29) is 0 Å². The first-order valence-electron chi connectivity index (χ1n) is 18.0. The molecular formula is C50H31NS2. The normalized spacial score (nSPS) is 11.8. The van der Waals surface area contributed by atoms with Gasteiger partial charge in [-0.3, -0.25) is 0 Å². The lowest BCUT2D eigenvalue weighted by Gasteiger charge is -2.29. The van der Waals surface area contributed by atoms with Crippen molar-refractivity contribution in [3.05, 3.63) is 188 Å². The van der Waals surface area contributed by atoms with Crippen LogP contribution >= 0.6 is 22.7 Å². The summed E-state index contributed by atoms with van der Waals surface area (Å²) in [5.74, 6) is 0. The highest BCUT2D eigenvalue weighted by Gasteiger charge is 2.21. The quantitative estimate of drug-likeness (QED) is 0.161. The Morgan fingerprint density at radius 1 is 0.321 bits per heavy atom. The Bertz CT molecular complexity index is 3190. The largest absolute Gasteiger partial charge is 0.310 e. The number of nitrogens with zero attached hydrogens (tertiary/aromatic N) is 1. The van der Waals surface area contributed by atoms with Crippen LogP contribution < -0.4 is 4.90 Å². The van der Waals surface area contributed by atoms with Crippen molar-refractivity contribution in [2.24, 2.45) is 0 Å². The van der Waals surface area contributed by atoms with Crippen LogP contribution in [-0.4, -0.2) is 0 Å². The lowest BCUT2D eigenvalue weighted by molar-refractivity contribution is 1.31. The van der Waals surface area contributed by atoms with E-state index in [4.69, 9.17) is 0 Å². The molecule has 9 aromatic carbocycles. The van der Waals surface area contributed by atoms with Gasteiger partial charge in [0, 0.05) is 57.1 Å². The Morgan fingerprint density at radius 2 is 0.943 bits per heavy atom. The summed E-state index contributed by atoms with van der Waals surface area (Å²) >= 11 is 3.75. The number of hydrogen-bond donors (Lipinski definition) is 0. The minimum Gasteiger partial charge on any atom is -0.310 e. The maximum absolute atomic E-state index is 2.50. The summed E-state index contributed by atoms with van der Waals surface area (Å²) in [5.41, 5.74) is 8.27. The molecule has 0 spiro atoms. The summed E-state index contributed by atoms with van der Waals surface area (Å²) in [5, 5.41) is 10.2. The topological polar surface area (TPSA) is 3.24 Å². The molecule has 0 aliphatic rings. The molecule has 0 amide bonds. The fraction of sp³-hybridized carbons (Fsp3) is 0. The van der Waals surface area contributed by atoms with Gasteiger partial charge in [0.25, 0.3) is 0 Å². The third-order valence-electron chi connectivity index (χ3n) is 10.6. The first-order valence-corrected chi connectivity index (χ1v) is 19.6. The van der Waals surface area contributed by atoms with Crippen LogP contribution in [0.1, 0.15) is 0 Å². The van der Waals surface area contributed by atoms with Crippen LogP contribution in [0, 0.1) is 0 Å². The second-order valence-electron chi connectivity index (χ2n) is 13.7. The van der Waals surface area contributed by atoms with Crippen LogP contribution in [0.3, 0.4) is 0 Å². The van der Waals surface area contributed by atoms with Gasteiger partial charge in [0.15, 0.2) is 0 Å². The summed E-state index contributed by atoms with van der Waals surface area (Å²) in [6.07, 6.45) is 0. The first-order chi connectivity index (χ1) is 26.3. The lowest BCUT2D eigenvalue weighted by Crippen LogP contribution is -2.11. The van der Waals surface area contributed by atoms with E-state index in [0.29, 0.717) is 0 Å². The van der Waals surface area contributed by atoms with Gasteiger partial charge >= 0.3 is 0 Å². The smallest absolute Gasteiger partial charge is 0.0546 e. The molecule has 3 heteroatoms. The van der Waals surface area contributed by atoms with Crippen molar-refractivity contribution in [3.8, 4) is 22.3 Å². The van der Waals surface area contributed by atoms with Gasteiger partial charge < -0.3 is 4.90 Å². The van der Waals surface area contributed by atoms with Crippen molar-refractivity contribution in [1.29, 1.82) is 0 Å². The van der Waals surface area contributed by atoms with Crippen molar-refractivity contribution < 1.29 is 0 Å². The van der Waals surface area contributed by atoms with E-state index in [1.807, 2.05) is 22.7 Å². The second-order valence-corrected chi connectivity index (χ2v) is 15.8. The SMILES string of the molecule is c1ccc(-c2cc(-c3cccc4c3sc3ccccc34)cc(N(c3ccc4sc5ccccc5c4c3)c3cc4ccccc4c4ccccc34)c2)cc1. The van der Waals surface area contributed by atoms with Gasteiger partial charge in [-0.05, 0) is 93.0 Å². The van der Waals surface area contributed by atoms with Crippen molar-refractivity contribution in [2.45, 2.75) is 0 Å². The number of hydrogen-bond acceptors (Lipinski definition) is 3. The van der Waals surface area contributed by atoms with Crippen molar-refractivity contribution in [3.63, 3.8) is 0 Å². The predicted molar refractivity (Wildman–Crippen MR) is 233 cm³/mol. The molecular weight excluding hydrogens is 679 g/mol. The van der Waals surface area contributed by atoms with Crippen molar-refractivity contribution in [2.75, 3.05) is 4.90 Å². The number of rotatable bonds is 5. The second kappa shape index (κ2) is 12.2. The zero-order valence-corrected chi connectivity index (χ0v) is 30.3. The zero-order valence-electron chi connectivity index (χ0n) is 28.7. The molecule has 0 bridgehead atoms. The van der Waals surface area contributed by atoms with Crippen LogP contribution in [0.25, 0.3) is 84.1 Å². The van der Waals surface area contributed by atoms with Crippen LogP contribution in [0.5, 0.6) is 0 Å². The fourth-order valence-electron chi connectivity index (χ4n) is 8.17. The average molecular weight is 710 g/mol. The van der Waals surface area contributed by atoms with Crippen molar-refractivity contribution in [1.82, 2.24) is 0 Å². The van der Waals surface area contributed by atoms with Crippen LogP contribution in [-0.2, 0) is 0 Å². The Kier molecular flexibility index (Phi) is 6.97. The molecule has 0 radical (unpaired) electrons. The van der Waals surface area contributed by atoms with E-state index in [1.165, 1.54) is 84.1 Å². The standard InChI is InChI=1S/C50H31NS2/c1-2-13-32(14-3-1)34-27-35(39-21-12-22-44-42-19-8-11-24-48(42)53-50(39)44)29-37(28-34)51(36-25-26-49-45(31-36)43-20-9-10-23-47(43)52-49)46-30-33-15-4-5-16-38(33)40-17-6-7-18-41(40)46/h1-31H. The Morgan fingerprint density at radius 3 is 1.77 bits per heavy atom. The predicted octanol–water partition coefficient (Wildman–Crippen LogP) is 15.5. The molecule has 0 fully saturated rings. The minimum atomic E-state index is 1.12. The van der Waals surface area contributed by atoms with Crippen LogP contribution in [0.4, 0.5) is 17.1 Å². The van der Waals surface area contributed by atoms with E-state index in [1.54, 1.807) is 0 Å². The van der Waals surface area contributed by atoms with Crippen LogP contribution in [0.2, 0.25) is 0 Å². The van der Waals surface area contributed by atoms with Crippen molar-refractivity contribution >= 4 is 102 Å². The molecule has 0 saturated carbocycles. The molecule has 0 saturated heterocycles. The molecule has 11 aromatic rings. The zero-order chi connectivity index (χ0) is 34.9. The summed E-state index contributed by atoms with van der Waals surface area (Å²) in [6.45, 7) is 0. The lowest BCUT2D eigenvalue weighted by atomic mass is 9.95. The van der Waals surface area contributed by atoms with Gasteiger partial charge in [0.1, 0.15) is 0 Å². The maximum atomic E-state index is 2.50. The fourth-order valence-corrected chi connectivity index (χ4v) is 10.5. The Labute approximate surface area is 315 Å². The van der Waals surface area contributed by atoms with Gasteiger partial charge in [-0.25, -0.2) is 0 Å². The molecule has 1 nitrogen and oxygen atoms in total. The highest BCUT2D eigenvalue weighted by molar-refractivity contribution is 7.26. The molecule has 53 heavy (non-hydrogen) atoms. The summed E-state index contributed by atoms with van der Waals surface area (Å²) in [6, 6.07) is 69.4. The van der Waals surface area contributed by atoms with Gasteiger partial charge in [0.05, 0.1) is 5.69 Å². The monoisotopic (exact) mass is 709 g/mol. The number of thiophene rings is 2. The van der Waals surface area contributed by atoms with E-state index in [9.17, 15) is 0 Å². The molecule has 248 valence electrons. The molecule has 0 unspecified atom stereocenters. The highest BCUT2D eigenvalue weighted by Crippen LogP contribution is 2.47. The number of anilines is 3. The number of benzene rings is 9. The first kappa shape index (κ1) is 30.4. The molecule has 0 aliphatic heterocycles. The minimum absolute atomic E-state index is 1.12. The highest BCUT2D eigenvalue weighted by atomic mass is 32.1. The van der Waals surface area contributed by atoms with E-state index < -0.39 is 0 Å². The molecule has 2 heterocycles. The summed E-state index contributed by atoms with van der Waals surface area (Å²) < 4.78 is 5.24. The van der Waals surface area contributed by atoms with Gasteiger partial charge in [-0.1, -0.05) is 133 Å². The van der Waals surface area contributed by atoms with E-state index in [0.717, 1.165) is 17.1 Å². The third kappa shape index (κ3) is 4.97. The average Bonchev–Trinajstić information content (AvgIpc) is 3.80. The maximum Gasteiger partial charge on any atom is 0.0546 e. The van der Waals surface area contributed by atoms with Crippen LogP contribution in [0.15, 0.2) is 188 Å². The Hall–Kier alpha value is -6.26. The molecule has 0 atom stereocenters. The molecule has 11 rings (SSSR count). The summed E-state index contributed by atoms with van der Waals surface area (Å²) in [4.78, 5) is 2.50. The molecule has 0 aliphatic carbocycles. The molecule has 2 aromatic heterocycles.